The molecule has 3 aromatic carbocycles. The van der Waals surface area contributed by atoms with E-state index in [1.54, 1.807) is 25.1 Å². The molecule has 0 fully saturated rings. The van der Waals surface area contributed by atoms with Gasteiger partial charge >= 0.3 is 0 Å². The molecule has 1 radical (unpaired) electrons. The molecule has 0 aromatic heterocycles. The fourth-order valence-electron chi connectivity index (χ4n) is 2.68. The van der Waals surface area contributed by atoms with Crippen molar-refractivity contribution in [1.29, 1.82) is 0 Å². The van der Waals surface area contributed by atoms with Gasteiger partial charge in [0, 0.05) is 22.5 Å². The third kappa shape index (κ3) is 5.42. The number of azo groups is 1. The first-order chi connectivity index (χ1) is 13.8. The zero-order chi connectivity index (χ0) is 22.4. The summed E-state index contributed by atoms with van der Waals surface area (Å²) < 4.78 is 57.5. The van der Waals surface area contributed by atoms with E-state index in [-0.39, 0.29) is 27.5 Å². The average Bonchev–Trinajstić information content (AvgIpc) is 2.61. The van der Waals surface area contributed by atoms with E-state index >= 15 is 0 Å². The van der Waals surface area contributed by atoms with Gasteiger partial charge in [-0.15, -0.1) is 10.2 Å². The van der Waals surface area contributed by atoms with E-state index in [0.717, 1.165) is 17.7 Å². The van der Waals surface area contributed by atoms with Crippen LogP contribution in [0.25, 0.3) is 10.8 Å². The van der Waals surface area contributed by atoms with Crippen LogP contribution >= 0.6 is 33.3 Å². The molecule has 0 heterocycles. The molecule has 0 aliphatic carbocycles. The second-order valence-electron chi connectivity index (χ2n) is 6.31. The number of benzene rings is 3. The van der Waals surface area contributed by atoms with E-state index in [9.17, 15) is 37.5 Å². The van der Waals surface area contributed by atoms with Gasteiger partial charge in [0.25, 0.3) is 0 Å². The number of phenolic OH excluding ortho intramolecular Hbond substituents is 2. The molecule has 0 spiro atoms. The molecule has 0 saturated carbocycles. The SMILES string of the molecule is Cc1ccc2c(O)c(N=Nc3cc(S(O)(O)O)cc(Cl)c3O)c(S(O)(O)O)cc2c1.[Cu]. The van der Waals surface area contributed by atoms with Crippen LogP contribution in [0.15, 0.2) is 56.4 Å². The molecule has 0 atom stereocenters. The first-order valence-corrected chi connectivity index (χ1v) is 11.4. The van der Waals surface area contributed by atoms with Gasteiger partial charge < -0.3 is 37.5 Å². The Balaban J connectivity index is 0.00000341. The Morgan fingerprint density at radius 3 is 2.03 bits per heavy atom. The second kappa shape index (κ2) is 9.10. The van der Waals surface area contributed by atoms with Gasteiger partial charge in [-0.1, -0.05) is 35.4 Å². The number of halogens is 1. The van der Waals surface area contributed by atoms with Gasteiger partial charge in [-0.05, 0) is 30.5 Å². The molecule has 0 bridgehead atoms. The molecule has 8 N–H and O–H groups in total. The first-order valence-electron chi connectivity index (χ1n) is 8.01. The van der Waals surface area contributed by atoms with Crippen molar-refractivity contribution in [2.75, 3.05) is 0 Å². The minimum absolute atomic E-state index is 0. The van der Waals surface area contributed by atoms with Crippen molar-refractivity contribution in [1.82, 2.24) is 0 Å². The Labute approximate surface area is 195 Å². The smallest absolute Gasteiger partial charge is 0.161 e. The molecule has 0 aliphatic heterocycles. The summed E-state index contributed by atoms with van der Waals surface area (Å²) in [7, 11) is -8.52. The minimum atomic E-state index is -4.33. The number of hydrogen-bond acceptors (Lipinski definition) is 10. The van der Waals surface area contributed by atoms with Crippen LogP contribution in [0.3, 0.4) is 0 Å². The van der Waals surface area contributed by atoms with E-state index in [2.05, 4.69) is 10.2 Å². The van der Waals surface area contributed by atoms with E-state index in [4.69, 9.17) is 11.6 Å². The molecule has 14 heteroatoms. The summed E-state index contributed by atoms with van der Waals surface area (Å²) in [4.78, 5) is -0.973. The van der Waals surface area contributed by atoms with Crippen LogP contribution in [-0.4, -0.2) is 37.5 Å². The van der Waals surface area contributed by atoms with Crippen LogP contribution in [0.4, 0.5) is 11.4 Å². The summed E-state index contributed by atoms with van der Waals surface area (Å²) in [5, 5.41) is 28.3. The molecular weight excluding hydrogens is 523 g/mol. The maximum atomic E-state index is 10.6. The molecule has 3 rings (SSSR count). The fourth-order valence-corrected chi connectivity index (χ4v) is 4.18. The Morgan fingerprint density at radius 2 is 1.45 bits per heavy atom. The summed E-state index contributed by atoms with van der Waals surface area (Å²) >= 11 is 5.80. The van der Waals surface area contributed by atoms with E-state index < -0.39 is 54.4 Å². The third-order valence-corrected chi connectivity index (χ3v) is 6.15. The Morgan fingerprint density at radius 1 is 0.806 bits per heavy atom. The topological polar surface area (TPSA) is 187 Å². The third-order valence-electron chi connectivity index (χ3n) is 4.09. The van der Waals surface area contributed by atoms with Gasteiger partial charge in [0.15, 0.2) is 11.5 Å². The second-order valence-corrected chi connectivity index (χ2v) is 9.70. The summed E-state index contributed by atoms with van der Waals surface area (Å²) in [5.74, 6) is -1.14. The van der Waals surface area contributed by atoms with Gasteiger partial charge in [0.2, 0.25) is 0 Å². The minimum Gasteiger partial charge on any atom is -0.505 e. The summed E-state index contributed by atoms with van der Waals surface area (Å²) in [6.07, 6.45) is 0. The van der Waals surface area contributed by atoms with Crippen molar-refractivity contribution in [2.24, 2.45) is 10.2 Å². The normalized spacial score (nSPS) is 13.4. The zero-order valence-corrected chi connectivity index (χ0v) is 18.8. The van der Waals surface area contributed by atoms with Crippen LogP contribution in [0.1, 0.15) is 5.56 Å². The van der Waals surface area contributed by atoms with E-state index in [1.165, 1.54) is 6.07 Å². The van der Waals surface area contributed by atoms with Crippen molar-refractivity contribution in [2.45, 2.75) is 16.7 Å². The number of nitrogens with zero attached hydrogens (tertiary/aromatic N) is 2. The van der Waals surface area contributed by atoms with Gasteiger partial charge in [0.1, 0.15) is 33.1 Å². The number of phenols is 2. The van der Waals surface area contributed by atoms with Crippen LogP contribution in [0, 0.1) is 6.92 Å². The van der Waals surface area contributed by atoms with Gasteiger partial charge in [0.05, 0.1) is 14.8 Å². The predicted octanol–water partition coefficient (Wildman–Crippen LogP) is 6.79. The molecular formula is C17H17ClCuN2O8S2. The number of hydrogen-bond donors (Lipinski definition) is 8. The maximum absolute atomic E-state index is 10.6. The predicted molar refractivity (Wildman–Crippen MR) is 115 cm³/mol. The number of aryl methyl sites for hydroxylation is 1. The van der Waals surface area contributed by atoms with Crippen LogP contribution in [-0.2, 0) is 17.1 Å². The fraction of sp³-hybridized carbons (Fsp3) is 0.0588. The summed E-state index contributed by atoms with van der Waals surface area (Å²) in [6.45, 7) is 1.78. The Kier molecular flexibility index (Phi) is 7.53. The van der Waals surface area contributed by atoms with Gasteiger partial charge in [-0.2, -0.15) is 0 Å². The van der Waals surface area contributed by atoms with Crippen molar-refractivity contribution in [3.05, 3.63) is 47.0 Å². The maximum Gasteiger partial charge on any atom is 0.161 e. The molecule has 10 nitrogen and oxygen atoms in total. The standard InChI is InChI=1S/C17H17ClN2O8S2.Cu/c1-8-2-3-11-9(4-8)5-14(30(26,27)28)15(16(11)21)20-19-13-7-10(29(23,24)25)6-12(18)17(13)22;/h2-7,21-28H,1H3;. The monoisotopic (exact) mass is 539 g/mol. The molecule has 0 aliphatic rings. The van der Waals surface area contributed by atoms with Gasteiger partial charge in [-0.25, -0.2) is 0 Å². The van der Waals surface area contributed by atoms with Crippen LogP contribution in [0.2, 0.25) is 5.02 Å². The largest absolute Gasteiger partial charge is 0.505 e. The van der Waals surface area contributed by atoms with Crippen molar-refractivity contribution in [3.63, 3.8) is 0 Å². The summed E-state index contributed by atoms with van der Waals surface area (Å²) in [5.41, 5.74) is -0.100. The first kappa shape index (κ1) is 25.6. The van der Waals surface area contributed by atoms with E-state index in [1.807, 2.05) is 0 Å². The summed E-state index contributed by atoms with van der Waals surface area (Å²) in [6, 6.07) is 7.92. The molecule has 0 unspecified atom stereocenters. The van der Waals surface area contributed by atoms with Gasteiger partial charge in [-0.3, -0.25) is 0 Å². The van der Waals surface area contributed by atoms with E-state index in [0.29, 0.717) is 5.39 Å². The number of rotatable bonds is 4. The molecule has 173 valence electrons. The Hall–Kier alpha value is -1.61. The van der Waals surface area contributed by atoms with Crippen LogP contribution < -0.4 is 0 Å². The van der Waals surface area contributed by atoms with Crippen molar-refractivity contribution >= 4 is 55.5 Å². The average molecular weight is 540 g/mol. The zero-order valence-electron chi connectivity index (χ0n) is 15.4. The molecule has 0 amide bonds. The molecule has 0 saturated heterocycles. The molecule has 3 aromatic rings. The molecule has 31 heavy (non-hydrogen) atoms. The van der Waals surface area contributed by atoms with Crippen molar-refractivity contribution in [3.8, 4) is 11.5 Å². The van der Waals surface area contributed by atoms with Crippen molar-refractivity contribution < 1.29 is 54.6 Å². The number of fused-ring (bicyclic) bond motifs is 1. The number of aromatic hydroxyl groups is 2. The quantitative estimate of drug-likeness (QED) is 0.131. The van der Waals surface area contributed by atoms with Crippen LogP contribution in [0.5, 0.6) is 11.5 Å². The Bertz CT molecular complexity index is 1180.